The summed E-state index contributed by atoms with van der Waals surface area (Å²) in [6, 6.07) is 6.18. The van der Waals surface area contributed by atoms with E-state index in [9.17, 15) is 0 Å². The Morgan fingerprint density at radius 2 is 1.82 bits per heavy atom. The van der Waals surface area contributed by atoms with Crippen molar-refractivity contribution in [1.29, 1.82) is 0 Å². The largest absolute Gasteiger partial charge is 0.314 e. The van der Waals surface area contributed by atoms with Crippen LogP contribution in [0.3, 0.4) is 0 Å². The van der Waals surface area contributed by atoms with E-state index in [1.807, 2.05) is 18.2 Å². The van der Waals surface area contributed by atoms with Gasteiger partial charge in [-0.3, -0.25) is 0 Å². The highest BCUT2D eigenvalue weighted by molar-refractivity contribution is 6.35. The molecule has 0 radical (unpaired) electrons. The standard InChI is InChI=1S/C14H21Cl2N/c1-3-5-7-11(17-4-2)10-12-13(15)8-6-9-14(12)16/h6,8-9,11,17H,3-5,7,10H2,1-2H3. The van der Waals surface area contributed by atoms with Crippen LogP contribution in [0.2, 0.25) is 10.0 Å². The lowest BCUT2D eigenvalue weighted by Gasteiger charge is -2.19. The quantitative estimate of drug-likeness (QED) is 0.759. The number of unbranched alkanes of at least 4 members (excludes halogenated alkanes) is 1. The number of hydrogen-bond acceptors (Lipinski definition) is 1. The second kappa shape index (κ2) is 7.97. The van der Waals surface area contributed by atoms with E-state index < -0.39 is 0 Å². The van der Waals surface area contributed by atoms with E-state index in [0.29, 0.717) is 6.04 Å². The van der Waals surface area contributed by atoms with Crippen molar-refractivity contribution in [1.82, 2.24) is 5.32 Å². The van der Waals surface area contributed by atoms with Gasteiger partial charge in [0.15, 0.2) is 0 Å². The van der Waals surface area contributed by atoms with E-state index >= 15 is 0 Å². The van der Waals surface area contributed by atoms with Crippen LogP contribution < -0.4 is 5.32 Å². The molecule has 1 rings (SSSR count). The van der Waals surface area contributed by atoms with Crippen LogP contribution in [0, 0.1) is 0 Å². The molecular weight excluding hydrogens is 253 g/mol. The second-order valence-electron chi connectivity index (χ2n) is 4.30. The maximum absolute atomic E-state index is 6.20. The molecule has 17 heavy (non-hydrogen) atoms. The maximum atomic E-state index is 6.20. The van der Waals surface area contributed by atoms with Crippen LogP contribution in [-0.2, 0) is 6.42 Å². The Morgan fingerprint density at radius 3 is 2.35 bits per heavy atom. The predicted octanol–water partition coefficient (Wildman–Crippen LogP) is 4.70. The Balaban J connectivity index is 2.70. The zero-order valence-corrected chi connectivity index (χ0v) is 12.1. The lowest BCUT2D eigenvalue weighted by atomic mass is 10.0. The fourth-order valence-electron chi connectivity index (χ4n) is 1.99. The molecule has 3 heteroatoms. The average molecular weight is 274 g/mol. The normalized spacial score (nSPS) is 12.7. The minimum absolute atomic E-state index is 0.470. The van der Waals surface area contributed by atoms with Crippen molar-refractivity contribution >= 4 is 23.2 Å². The van der Waals surface area contributed by atoms with Gasteiger partial charge in [0.2, 0.25) is 0 Å². The Morgan fingerprint density at radius 1 is 1.18 bits per heavy atom. The van der Waals surface area contributed by atoms with Crippen LogP contribution in [0.15, 0.2) is 18.2 Å². The number of hydrogen-bond donors (Lipinski definition) is 1. The molecule has 0 spiro atoms. The molecule has 0 aromatic heterocycles. The summed E-state index contributed by atoms with van der Waals surface area (Å²) < 4.78 is 0. The van der Waals surface area contributed by atoms with Gasteiger partial charge < -0.3 is 5.32 Å². The van der Waals surface area contributed by atoms with Gasteiger partial charge in [-0.2, -0.15) is 0 Å². The molecule has 0 amide bonds. The van der Waals surface area contributed by atoms with Crippen molar-refractivity contribution in [3.63, 3.8) is 0 Å². The molecule has 1 unspecified atom stereocenters. The van der Waals surface area contributed by atoms with E-state index in [2.05, 4.69) is 19.2 Å². The molecule has 0 aliphatic heterocycles. The lowest BCUT2D eigenvalue weighted by Crippen LogP contribution is -2.31. The zero-order chi connectivity index (χ0) is 12.7. The average Bonchev–Trinajstić information content (AvgIpc) is 2.31. The first-order valence-electron chi connectivity index (χ1n) is 6.35. The first kappa shape index (κ1) is 14.8. The van der Waals surface area contributed by atoms with Gasteiger partial charge >= 0.3 is 0 Å². The summed E-state index contributed by atoms with van der Waals surface area (Å²) in [7, 11) is 0. The molecule has 1 nitrogen and oxygen atoms in total. The molecule has 0 aliphatic rings. The zero-order valence-electron chi connectivity index (χ0n) is 10.6. The first-order chi connectivity index (χ1) is 8.19. The Kier molecular flexibility index (Phi) is 6.94. The highest BCUT2D eigenvalue weighted by Crippen LogP contribution is 2.26. The second-order valence-corrected chi connectivity index (χ2v) is 5.12. The topological polar surface area (TPSA) is 12.0 Å². The fourth-order valence-corrected chi connectivity index (χ4v) is 2.54. The van der Waals surface area contributed by atoms with E-state index in [0.717, 1.165) is 28.6 Å². The van der Waals surface area contributed by atoms with Crippen LogP contribution in [0.5, 0.6) is 0 Å². The molecule has 1 N–H and O–H groups in total. The molecule has 1 aromatic rings. The van der Waals surface area contributed by atoms with E-state index in [1.54, 1.807) is 0 Å². The van der Waals surface area contributed by atoms with Gasteiger partial charge in [-0.1, -0.05) is 56.0 Å². The van der Waals surface area contributed by atoms with Crippen LogP contribution in [-0.4, -0.2) is 12.6 Å². The van der Waals surface area contributed by atoms with Crippen LogP contribution in [0.4, 0.5) is 0 Å². The van der Waals surface area contributed by atoms with Crippen LogP contribution >= 0.6 is 23.2 Å². The number of nitrogens with one attached hydrogen (secondary N) is 1. The molecule has 96 valence electrons. The molecule has 0 bridgehead atoms. The number of rotatable bonds is 7. The Hall–Kier alpha value is -0.240. The monoisotopic (exact) mass is 273 g/mol. The lowest BCUT2D eigenvalue weighted by molar-refractivity contribution is 0.473. The van der Waals surface area contributed by atoms with Gasteiger partial charge in [-0.15, -0.1) is 0 Å². The highest BCUT2D eigenvalue weighted by Gasteiger charge is 2.12. The summed E-state index contributed by atoms with van der Waals surface area (Å²) in [5.74, 6) is 0. The number of halogens is 2. The summed E-state index contributed by atoms with van der Waals surface area (Å²) in [4.78, 5) is 0. The Labute approximate surface area is 115 Å². The first-order valence-corrected chi connectivity index (χ1v) is 7.10. The van der Waals surface area contributed by atoms with Crippen molar-refractivity contribution in [2.75, 3.05) is 6.54 Å². The molecule has 1 aromatic carbocycles. The molecule has 0 saturated heterocycles. The smallest absolute Gasteiger partial charge is 0.0453 e. The van der Waals surface area contributed by atoms with Gasteiger partial charge in [0, 0.05) is 16.1 Å². The molecule has 0 saturated carbocycles. The molecule has 1 atom stereocenters. The van der Waals surface area contributed by atoms with Crippen LogP contribution in [0.25, 0.3) is 0 Å². The summed E-state index contributed by atoms with van der Waals surface area (Å²) in [5.41, 5.74) is 1.07. The van der Waals surface area contributed by atoms with Gasteiger partial charge in [-0.25, -0.2) is 0 Å². The minimum Gasteiger partial charge on any atom is -0.314 e. The third-order valence-electron chi connectivity index (χ3n) is 2.91. The van der Waals surface area contributed by atoms with Crippen molar-refractivity contribution in [3.05, 3.63) is 33.8 Å². The third-order valence-corrected chi connectivity index (χ3v) is 3.62. The van der Waals surface area contributed by atoms with Crippen molar-refractivity contribution in [3.8, 4) is 0 Å². The summed E-state index contributed by atoms with van der Waals surface area (Å²) in [6.45, 7) is 5.33. The van der Waals surface area contributed by atoms with E-state index in [-0.39, 0.29) is 0 Å². The predicted molar refractivity (Wildman–Crippen MR) is 77.2 cm³/mol. The fraction of sp³-hybridized carbons (Fsp3) is 0.571. The van der Waals surface area contributed by atoms with Crippen molar-refractivity contribution < 1.29 is 0 Å². The summed E-state index contributed by atoms with van der Waals surface area (Å²) in [6.07, 6.45) is 4.54. The molecule has 0 aliphatic carbocycles. The molecule has 0 heterocycles. The van der Waals surface area contributed by atoms with Gasteiger partial charge in [-0.05, 0) is 37.1 Å². The van der Waals surface area contributed by atoms with Crippen molar-refractivity contribution in [2.24, 2.45) is 0 Å². The number of likely N-dealkylation sites (N-methyl/N-ethyl adjacent to an activating group) is 1. The van der Waals surface area contributed by atoms with Gasteiger partial charge in [0.1, 0.15) is 0 Å². The van der Waals surface area contributed by atoms with E-state index in [4.69, 9.17) is 23.2 Å². The molecule has 0 fully saturated rings. The SMILES string of the molecule is CCCCC(Cc1c(Cl)cccc1Cl)NCC. The van der Waals surface area contributed by atoms with E-state index in [1.165, 1.54) is 19.3 Å². The third kappa shape index (κ3) is 4.87. The van der Waals surface area contributed by atoms with Crippen molar-refractivity contribution in [2.45, 2.75) is 45.6 Å². The minimum atomic E-state index is 0.470. The summed E-state index contributed by atoms with van der Waals surface area (Å²) in [5, 5.41) is 5.05. The maximum Gasteiger partial charge on any atom is 0.0453 e. The Bertz CT molecular complexity index is 319. The van der Waals surface area contributed by atoms with Crippen LogP contribution in [0.1, 0.15) is 38.7 Å². The summed E-state index contributed by atoms with van der Waals surface area (Å²) >= 11 is 12.4. The number of benzene rings is 1. The van der Waals surface area contributed by atoms with Gasteiger partial charge in [0.05, 0.1) is 0 Å². The highest BCUT2D eigenvalue weighted by atomic mass is 35.5. The molecular formula is C14H21Cl2N. The van der Waals surface area contributed by atoms with Gasteiger partial charge in [0.25, 0.3) is 0 Å².